The van der Waals surface area contributed by atoms with Crippen LogP contribution >= 0.6 is 23.1 Å². The zero-order chi connectivity index (χ0) is 18.9. The first kappa shape index (κ1) is 19.2. The molecule has 2 aromatic rings. The van der Waals surface area contributed by atoms with Gasteiger partial charge in [-0.15, -0.1) is 16.4 Å². The SMILES string of the molecule is CC(C)S(=O)(=O)N1CCc2nc(NC(=O)CSc3nnnn3C)sc2C1. The van der Waals surface area contributed by atoms with E-state index in [2.05, 4.69) is 25.8 Å². The maximum absolute atomic E-state index is 12.3. The first-order valence-electron chi connectivity index (χ1n) is 7.90. The first-order chi connectivity index (χ1) is 12.3. The Morgan fingerprint density at radius 1 is 1.42 bits per heavy atom. The molecule has 0 radical (unpaired) electrons. The van der Waals surface area contributed by atoms with Crippen molar-refractivity contribution in [2.24, 2.45) is 7.05 Å². The molecule has 0 fully saturated rings. The fourth-order valence-electron chi connectivity index (χ4n) is 2.37. The van der Waals surface area contributed by atoms with Gasteiger partial charge in [-0.05, 0) is 24.3 Å². The minimum absolute atomic E-state index is 0.159. The molecule has 3 rings (SSSR count). The lowest BCUT2D eigenvalue weighted by Gasteiger charge is -2.26. The summed E-state index contributed by atoms with van der Waals surface area (Å²) in [6, 6.07) is 0. The predicted octanol–water partition coefficient (Wildman–Crippen LogP) is 0.494. The smallest absolute Gasteiger partial charge is 0.236 e. The number of thiazole rings is 1. The van der Waals surface area contributed by atoms with Gasteiger partial charge >= 0.3 is 0 Å². The second-order valence-electron chi connectivity index (χ2n) is 5.99. The van der Waals surface area contributed by atoms with Crippen LogP contribution in [-0.2, 0) is 34.8 Å². The predicted molar refractivity (Wildman–Crippen MR) is 98.4 cm³/mol. The number of thioether (sulfide) groups is 1. The highest BCUT2D eigenvalue weighted by molar-refractivity contribution is 7.99. The third-order valence-electron chi connectivity index (χ3n) is 3.81. The lowest BCUT2D eigenvalue weighted by molar-refractivity contribution is -0.113. The minimum atomic E-state index is -3.29. The number of carbonyl (C=O) groups excluding carboxylic acids is 1. The molecule has 1 aliphatic rings. The molecule has 0 aliphatic carbocycles. The Bertz CT molecular complexity index is 906. The van der Waals surface area contributed by atoms with Crippen molar-refractivity contribution in [3.8, 4) is 0 Å². The van der Waals surface area contributed by atoms with E-state index in [0.29, 0.717) is 29.8 Å². The molecular weight excluding hydrogens is 398 g/mol. The van der Waals surface area contributed by atoms with E-state index in [1.165, 1.54) is 32.1 Å². The Morgan fingerprint density at radius 3 is 2.85 bits per heavy atom. The number of tetrazole rings is 1. The number of rotatable bonds is 6. The number of aryl methyl sites for hydroxylation is 1. The summed E-state index contributed by atoms with van der Waals surface area (Å²) in [6.45, 7) is 4.07. The normalized spacial score (nSPS) is 15.2. The number of anilines is 1. The molecule has 2 aromatic heterocycles. The average Bonchev–Trinajstić information content (AvgIpc) is 3.17. The quantitative estimate of drug-likeness (QED) is 0.674. The van der Waals surface area contributed by atoms with E-state index in [1.807, 2.05) is 0 Å². The second-order valence-corrected chi connectivity index (χ2v) is 10.5. The highest BCUT2D eigenvalue weighted by Crippen LogP contribution is 2.30. The summed E-state index contributed by atoms with van der Waals surface area (Å²) >= 11 is 2.54. The van der Waals surface area contributed by atoms with Crippen molar-refractivity contribution >= 4 is 44.2 Å². The lowest BCUT2D eigenvalue weighted by Crippen LogP contribution is -2.39. The van der Waals surface area contributed by atoms with E-state index in [1.54, 1.807) is 20.9 Å². The van der Waals surface area contributed by atoms with Crippen LogP contribution in [-0.4, -0.2) is 61.4 Å². The van der Waals surface area contributed by atoms with Crippen molar-refractivity contribution in [2.45, 2.75) is 37.2 Å². The number of amides is 1. The number of sulfonamides is 1. The topological polar surface area (TPSA) is 123 Å². The number of carbonyl (C=O) groups is 1. The molecule has 26 heavy (non-hydrogen) atoms. The molecule has 0 unspecified atom stereocenters. The molecule has 0 aromatic carbocycles. The Balaban J connectivity index is 1.61. The van der Waals surface area contributed by atoms with E-state index < -0.39 is 15.3 Å². The van der Waals surface area contributed by atoms with Crippen molar-refractivity contribution < 1.29 is 13.2 Å². The zero-order valence-electron chi connectivity index (χ0n) is 14.5. The van der Waals surface area contributed by atoms with Crippen LogP contribution in [0, 0.1) is 0 Å². The molecule has 0 atom stereocenters. The van der Waals surface area contributed by atoms with Gasteiger partial charge in [-0.1, -0.05) is 11.8 Å². The van der Waals surface area contributed by atoms with Crippen LogP contribution in [0.25, 0.3) is 0 Å². The summed E-state index contributed by atoms with van der Waals surface area (Å²) in [5.41, 5.74) is 0.852. The number of hydrogen-bond acceptors (Lipinski definition) is 9. The van der Waals surface area contributed by atoms with Gasteiger partial charge in [0, 0.05) is 31.4 Å². The average molecular weight is 418 g/mol. The molecule has 142 valence electrons. The summed E-state index contributed by atoms with van der Waals surface area (Å²) in [4.78, 5) is 17.4. The highest BCUT2D eigenvalue weighted by atomic mass is 32.2. The van der Waals surface area contributed by atoms with Crippen molar-refractivity contribution in [3.63, 3.8) is 0 Å². The fourth-order valence-corrected chi connectivity index (χ4v) is 5.39. The van der Waals surface area contributed by atoms with Gasteiger partial charge < -0.3 is 5.32 Å². The first-order valence-corrected chi connectivity index (χ1v) is 11.2. The number of fused-ring (bicyclic) bond motifs is 1. The van der Waals surface area contributed by atoms with Gasteiger partial charge in [0.2, 0.25) is 21.1 Å². The van der Waals surface area contributed by atoms with E-state index in [9.17, 15) is 13.2 Å². The minimum Gasteiger partial charge on any atom is -0.301 e. The van der Waals surface area contributed by atoms with Gasteiger partial charge in [-0.2, -0.15) is 4.31 Å². The Morgan fingerprint density at radius 2 is 2.19 bits per heavy atom. The van der Waals surface area contributed by atoms with Gasteiger partial charge in [0.1, 0.15) is 0 Å². The fraction of sp³-hybridized carbons (Fsp3) is 0.615. The van der Waals surface area contributed by atoms with Crippen LogP contribution in [0.3, 0.4) is 0 Å². The summed E-state index contributed by atoms with van der Waals surface area (Å²) < 4.78 is 27.6. The van der Waals surface area contributed by atoms with Gasteiger partial charge in [0.25, 0.3) is 0 Å². The standard InChI is InChI=1S/C13H19N7O3S3/c1-8(2)26(22,23)20-5-4-9-10(6-20)25-12(14-9)15-11(21)7-24-13-16-17-18-19(13)3/h8H,4-7H2,1-3H3,(H,14,15,21). The van der Waals surface area contributed by atoms with E-state index in [0.717, 1.165) is 10.6 Å². The molecule has 0 saturated heterocycles. The highest BCUT2D eigenvalue weighted by Gasteiger charge is 2.31. The van der Waals surface area contributed by atoms with Gasteiger partial charge in [0.05, 0.1) is 16.7 Å². The second kappa shape index (κ2) is 7.58. The number of nitrogens with zero attached hydrogens (tertiary/aromatic N) is 6. The van der Waals surface area contributed by atoms with Crippen molar-refractivity contribution in [1.82, 2.24) is 29.5 Å². The molecule has 1 N–H and O–H groups in total. The zero-order valence-corrected chi connectivity index (χ0v) is 17.0. The van der Waals surface area contributed by atoms with Gasteiger partial charge in [-0.25, -0.2) is 18.1 Å². The molecule has 13 heteroatoms. The number of nitrogens with one attached hydrogen (secondary N) is 1. The van der Waals surface area contributed by atoms with Crippen LogP contribution in [0.1, 0.15) is 24.4 Å². The summed E-state index contributed by atoms with van der Waals surface area (Å²) in [5, 5.41) is 14.4. The van der Waals surface area contributed by atoms with Crippen molar-refractivity contribution in [2.75, 3.05) is 17.6 Å². The summed E-state index contributed by atoms with van der Waals surface area (Å²) in [6.07, 6.45) is 0.549. The molecular formula is C13H19N7O3S3. The molecule has 3 heterocycles. The monoisotopic (exact) mass is 417 g/mol. The maximum atomic E-state index is 12.3. The van der Waals surface area contributed by atoms with E-state index in [4.69, 9.17) is 0 Å². The summed E-state index contributed by atoms with van der Waals surface area (Å²) in [7, 11) is -1.59. The van der Waals surface area contributed by atoms with Crippen LogP contribution in [0.4, 0.5) is 5.13 Å². The Labute approximate surface area is 159 Å². The van der Waals surface area contributed by atoms with Crippen LogP contribution in [0.2, 0.25) is 0 Å². The van der Waals surface area contributed by atoms with Crippen LogP contribution in [0.5, 0.6) is 0 Å². The third-order valence-corrected chi connectivity index (χ3v) is 8.04. The third kappa shape index (κ3) is 4.05. The molecule has 0 bridgehead atoms. The van der Waals surface area contributed by atoms with Gasteiger partial charge in [-0.3, -0.25) is 4.79 Å². The van der Waals surface area contributed by atoms with Crippen molar-refractivity contribution in [1.29, 1.82) is 0 Å². The summed E-state index contributed by atoms with van der Waals surface area (Å²) in [5.74, 6) is -0.0532. The molecule has 10 nitrogen and oxygen atoms in total. The molecule has 0 spiro atoms. The lowest BCUT2D eigenvalue weighted by atomic mass is 10.2. The van der Waals surface area contributed by atoms with Crippen LogP contribution < -0.4 is 5.32 Å². The molecule has 0 saturated carbocycles. The van der Waals surface area contributed by atoms with Crippen molar-refractivity contribution in [3.05, 3.63) is 10.6 Å². The molecule has 1 amide bonds. The van der Waals surface area contributed by atoms with Crippen LogP contribution in [0.15, 0.2) is 5.16 Å². The number of hydrogen-bond donors (Lipinski definition) is 1. The van der Waals surface area contributed by atoms with E-state index in [-0.39, 0.29) is 11.7 Å². The van der Waals surface area contributed by atoms with Gasteiger partial charge in [0.15, 0.2) is 5.13 Å². The largest absolute Gasteiger partial charge is 0.301 e. The Hall–Kier alpha value is -1.57. The number of aromatic nitrogens is 5. The van der Waals surface area contributed by atoms with E-state index >= 15 is 0 Å². The molecule has 1 aliphatic heterocycles. The maximum Gasteiger partial charge on any atom is 0.236 e. The Kier molecular flexibility index (Phi) is 5.60.